The molecule has 3 atom stereocenters. The van der Waals surface area contributed by atoms with Crippen LogP contribution in [0, 0.1) is 0 Å². The van der Waals surface area contributed by atoms with E-state index in [1.165, 1.54) is 0 Å². The van der Waals surface area contributed by atoms with E-state index in [1.54, 1.807) is 0 Å². The van der Waals surface area contributed by atoms with Gasteiger partial charge in [0.05, 0.1) is 18.4 Å². The maximum Gasteiger partial charge on any atom is 0.0953 e. The summed E-state index contributed by atoms with van der Waals surface area (Å²) in [6.07, 6.45) is 1.66. The van der Waals surface area contributed by atoms with E-state index in [0.29, 0.717) is 12.2 Å². The van der Waals surface area contributed by atoms with Crippen molar-refractivity contribution in [2.24, 2.45) is 0 Å². The van der Waals surface area contributed by atoms with Crippen molar-refractivity contribution in [1.82, 2.24) is 31.9 Å². The molecule has 2 aliphatic rings. The van der Waals surface area contributed by atoms with Gasteiger partial charge >= 0.3 is 0 Å². The van der Waals surface area contributed by atoms with Gasteiger partial charge in [0.2, 0.25) is 0 Å². The van der Waals surface area contributed by atoms with Crippen molar-refractivity contribution >= 4 is 0 Å². The summed E-state index contributed by atoms with van der Waals surface area (Å²) in [7, 11) is 0. The third-order valence-corrected chi connectivity index (χ3v) is 3.42. The van der Waals surface area contributed by atoms with Crippen LogP contribution >= 0.6 is 0 Å². The Balaban J connectivity index is 1.72. The Bertz CT molecular complexity index is 242. The smallest absolute Gasteiger partial charge is 0.0953 e. The van der Waals surface area contributed by atoms with Crippen LogP contribution in [-0.4, -0.2) is 56.4 Å². The predicted octanol–water partition coefficient (Wildman–Crippen LogP) is -1.48. The number of hydrazine groups is 2. The number of nitrogens with one attached hydrogen (secondary N) is 5. The van der Waals surface area contributed by atoms with Gasteiger partial charge in [0, 0.05) is 26.4 Å². The van der Waals surface area contributed by atoms with Crippen LogP contribution in [0.1, 0.15) is 20.3 Å². The molecule has 2 heterocycles. The maximum atomic E-state index is 5.34. The van der Waals surface area contributed by atoms with E-state index in [1.807, 2.05) is 6.92 Å². The molecule has 0 saturated carbocycles. The van der Waals surface area contributed by atoms with Crippen molar-refractivity contribution in [3.05, 3.63) is 0 Å². The molecular formula is C11H26N6O. The highest BCUT2D eigenvalue weighted by atomic mass is 16.5. The lowest BCUT2D eigenvalue weighted by molar-refractivity contribution is 0.122. The molecular weight excluding hydrogens is 232 g/mol. The Labute approximate surface area is 109 Å². The van der Waals surface area contributed by atoms with E-state index in [9.17, 15) is 0 Å². The molecule has 0 spiro atoms. The Hall–Kier alpha value is -0.280. The number of hydrogen-bond donors (Lipinski definition) is 5. The summed E-state index contributed by atoms with van der Waals surface area (Å²) in [4.78, 5) is 0. The molecule has 5 N–H and O–H groups in total. The summed E-state index contributed by atoms with van der Waals surface area (Å²) in [6, 6.07) is 0.325. The fourth-order valence-corrected chi connectivity index (χ4v) is 2.45. The molecule has 2 saturated heterocycles. The number of rotatable bonds is 7. The van der Waals surface area contributed by atoms with E-state index in [-0.39, 0.29) is 6.17 Å². The van der Waals surface area contributed by atoms with Crippen molar-refractivity contribution in [1.29, 1.82) is 0 Å². The molecule has 0 amide bonds. The van der Waals surface area contributed by atoms with Gasteiger partial charge in [-0.25, -0.2) is 10.4 Å². The topological polar surface area (TPSA) is 72.6 Å². The summed E-state index contributed by atoms with van der Waals surface area (Å²) >= 11 is 0. The first-order chi connectivity index (χ1) is 8.86. The zero-order valence-electron chi connectivity index (χ0n) is 11.3. The molecule has 2 rings (SSSR count). The van der Waals surface area contributed by atoms with Crippen LogP contribution in [0.4, 0.5) is 0 Å². The lowest BCUT2D eigenvalue weighted by atomic mass is 10.1. The second-order valence-corrected chi connectivity index (χ2v) is 4.58. The molecule has 0 aromatic heterocycles. The quantitative estimate of drug-likeness (QED) is 0.357. The molecule has 0 radical (unpaired) electrons. The summed E-state index contributed by atoms with van der Waals surface area (Å²) in [5.74, 6) is 0. The van der Waals surface area contributed by atoms with E-state index in [4.69, 9.17) is 4.74 Å². The fraction of sp³-hybridized carbons (Fsp3) is 1.00. The van der Waals surface area contributed by atoms with Crippen LogP contribution in [0.2, 0.25) is 0 Å². The van der Waals surface area contributed by atoms with Crippen molar-refractivity contribution in [3.63, 3.8) is 0 Å². The number of hydrogen-bond acceptors (Lipinski definition) is 7. The van der Waals surface area contributed by atoms with Gasteiger partial charge < -0.3 is 10.1 Å². The van der Waals surface area contributed by atoms with Gasteiger partial charge in [-0.05, 0) is 19.9 Å². The molecule has 7 nitrogen and oxygen atoms in total. The summed E-state index contributed by atoms with van der Waals surface area (Å²) < 4.78 is 5.34. The maximum absolute atomic E-state index is 5.34. The molecule has 106 valence electrons. The van der Waals surface area contributed by atoms with Gasteiger partial charge in [0.1, 0.15) is 0 Å². The Morgan fingerprint density at radius 2 is 2.22 bits per heavy atom. The second-order valence-electron chi connectivity index (χ2n) is 4.58. The zero-order valence-corrected chi connectivity index (χ0v) is 11.3. The van der Waals surface area contributed by atoms with Crippen LogP contribution in [0.25, 0.3) is 0 Å². The highest BCUT2D eigenvalue weighted by Gasteiger charge is 2.40. The van der Waals surface area contributed by atoms with E-state index >= 15 is 0 Å². The molecule has 0 aromatic carbocycles. The van der Waals surface area contributed by atoms with Gasteiger partial charge in [0.25, 0.3) is 0 Å². The summed E-state index contributed by atoms with van der Waals surface area (Å²) in [5, 5.41) is 12.6. The highest BCUT2D eigenvalue weighted by molar-refractivity contribution is 4.95. The minimum atomic E-state index is 0.280. The second kappa shape index (κ2) is 7.34. The molecule has 0 aliphatic carbocycles. The number of nitrogens with zero attached hydrogens (tertiary/aromatic N) is 1. The molecule has 0 aromatic rings. The largest absolute Gasteiger partial charge is 0.382 e. The van der Waals surface area contributed by atoms with Crippen molar-refractivity contribution in [2.45, 2.75) is 38.6 Å². The van der Waals surface area contributed by atoms with Gasteiger partial charge in [0.15, 0.2) is 0 Å². The van der Waals surface area contributed by atoms with Crippen LogP contribution in [0.3, 0.4) is 0 Å². The lowest BCUT2D eigenvalue weighted by Crippen LogP contribution is -2.68. The van der Waals surface area contributed by atoms with Crippen molar-refractivity contribution < 1.29 is 4.74 Å². The van der Waals surface area contributed by atoms with E-state index in [0.717, 1.165) is 39.4 Å². The molecule has 2 aliphatic heterocycles. The minimum absolute atomic E-state index is 0.280. The molecule has 3 unspecified atom stereocenters. The van der Waals surface area contributed by atoms with Crippen LogP contribution < -0.4 is 26.9 Å². The van der Waals surface area contributed by atoms with Gasteiger partial charge in [-0.3, -0.25) is 10.6 Å². The average Bonchev–Trinajstić information content (AvgIpc) is 2.82. The minimum Gasteiger partial charge on any atom is -0.382 e. The van der Waals surface area contributed by atoms with Crippen LogP contribution in [0.5, 0.6) is 0 Å². The number of fused-ring (bicyclic) bond motifs is 1. The molecule has 18 heavy (non-hydrogen) atoms. The first kappa shape index (κ1) is 14.1. The zero-order chi connectivity index (χ0) is 12.8. The summed E-state index contributed by atoms with van der Waals surface area (Å²) in [6.45, 7) is 8.56. The summed E-state index contributed by atoms with van der Waals surface area (Å²) in [5.41, 5.74) is 6.52. The number of likely N-dealkylation sites (N-methyl/N-ethyl adjacent to an activating group) is 1. The number of ether oxygens (including phenoxy) is 1. The third-order valence-electron chi connectivity index (χ3n) is 3.42. The Morgan fingerprint density at radius 3 is 3.00 bits per heavy atom. The lowest BCUT2D eigenvalue weighted by Gasteiger charge is -2.37. The standard InChI is InChI=1S/C11H26N6O/c1-3-17-11-9(15-16-17)10(13-8-14-11)12-6-5-7-18-4-2/h9-16H,3-8H2,1-2H3. The Kier molecular flexibility index (Phi) is 5.77. The van der Waals surface area contributed by atoms with Crippen LogP contribution in [-0.2, 0) is 4.74 Å². The monoisotopic (exact) mass is 258 g/mol. The molecule has 2 fully saturated rings. The Morgan fingerprint density at radius 1 is 1.33 bits per heavy atom. The molecule has 7 heteroatoms. The normalized spacial score (nSPS) is 32.7. The first-order valence-electron chi connectivity index (χ1n) is 6.92. The van der Waals surface area contributed by atoms with Crippen molar-refractivity contribution in [3.8, 4) is 0 Å². The average molecular weight is 258 g/mol. The van der Waals surface area contributed by atoms with E-state index < -0.39 is 0 Å². The van der Waals surface area contributed by atoms with E-state index in [2.05, 4.69) is 38.8 Å². The predicted molar refractivity (Wildman–Crippen MR) is 70.3 cm³/mol. The van der Waals surface area contributed by atoms with Crippen LogP contribution in [0.15, 0.2) is 0 Å². The third kappa shape index (κ3) is 3.39. The fourth-order valence-electron chi connectivity index (χ4n) is 2.45. The van der Waals surface area contributed by atoms with Gasteiger partial charge in [-0.1, -0.05) is 6.92 Å². The van der Waals surface area contributed by atoms with Crippen molar-refractivity contribution in [2.75, 3.05) is 33.0 Å². The molecule has 0 bridgehead atoms. The van der Waals surface area contributed by atoms with Gasteiger partial charge in [-0.15, -0.1) is 0 Å². The SMILES string of the molecule is CCOCCCNC1NCNC2C1NNN2CC. The van der Waals surface area contributed by atoms with Gasteiger partial charge in [-0.2, -0.15) is 5.53 Å². The first-order valence-corrected chi connectivity index (χ1v) is 6.92. The highest BCUT2D eigenvalue weighted by Crippen LogP contribution is 2.10.